The summed E-state index contributed by atoms with van der Waals surface area (Å²) in [6, 6.07) is 6.18. The fourth-order valence-corrected chi connectivity index (χ4v) is 4.76. The molecule has 0 aliphatic carbocycles. The summed E-state index contributed by atoms with van der Waals surface area (Å²) in [4.78, 5) is 27.2. The number of aromatic amines is 1. The van der Waals surface area contributed by atoms with Gasteiger partial charge in [-0.1, -0.05) is 6.07 Å². The molecule has 0 unspecified atom stereocenters. The van der Waals surface area contributed by atoms with Crippen LogP contribution < -0.4 is 0 Å². The number of fused-ring (bicyclic) bond motifs is 1. The summed E-state index contributed by atoms with van der Waals surface area (Å²) in [5, 5.41) is 11.2. The molecular weight excluding hydrogens is 378 g/mol. The lowest BCUT2D eigenvalue weighted by Crippen LogP contribution is -2.51. The maximum Gasteiger partial charge on any atom is 0.222 e. The Morgan fingerprint density at radius 3 is 2.77 bits per heavy atom. The highest BCUT2D eigenvalue weighted by molar-refractivity contribution is 5.78. The number of aryl methyl sites for hydroxylation is 2. The Morgan fingerprint density at radius 2 is 1.97 bits per heavy atom. The lowest BCUT2D eigenvalue weighted by molar-refractivity contribution is -0.131. The second-order valence-electron chi connectivity index (χ2n) is 9.21. The smallest absolute Gasteiger partial charge is 0.222 e. The van der Waals surface area contributed by atoms with Crippen molar-refractivity contribution in [3.63, 3.8) is 0 Å². The van der Waals surface area contributed by atoms with Crippen LogP contribution in [0.15, 0.2) is 18.2 Å². The molecule has 1 aromatic carbocycles. The Labute approximate surface area is 179 Å². The normalized spacial score (nSPS) is 24.3. The average molecular weight is 414 g/mol. The molecule has 1 atom stereocenters. The second-order valence-corrected chi connectivity index (χ2v) is 9.21. The number of piperazine rings is 1. The Balaban J connectivity index is 1.28. The van der Waals surface area contributed by atoms with Gasteiger partial charge in [0, 0.05) is 52.2 Å². The number of hydrogen-bond acceptors (Lipinski definition) is 5. The number of β-amino-alcohol motifs (C(OH)–C–C–N with tert-alkyl or cyclic N) is 1. The second kappa shape index (κ2) is 9.04. The molecular formula is C23H35N5O2. The maximum atomic E-state index is 12.8. The number of likely N-dealkylation sites (N-methyl/N-ethyl adjacent to an activating group) is 1. The van der Waals surface area contributed by atoms with Crippen LogP contribution in [0.2, 0.25) is 0 Å². The third-order valence-corrected chi connectivity index (χ3v) is 6.68. The van der Waals surface area contributed by atoms with Crippen molar-refractivity contribution in [2.24, 2.45) is 0 Å². The molecule has 0 saturated carbocycles. The topological polar surface area (TPSA) is 75.7 Å². The molecule has 2 N–H and O–H groups in total. The van der Waals surface area contributed by atoms with Gasteiger partial charge in [0.05, 0.1) is 16.6 Å². The largest absolute Gasteiger partial charge is 0.388 e. The van der Waals surface area contributed by atoms with Crippen molar-refractivity contribution in [2.45, 2.75) is 44.6 Å². The third kappa shape index (κ3) is 5.20. The molecule has 30 heavy (non-hydrogen) atoms. The molecule has 1 aromatic heterocycles. The molecule has 7 heteroatoms. The predicted molar refractivity (Wildman–Crippen MR) is 118 cm³/mol. The highest BCUT2D eigenvalue weighted by atomic mass is 16.3. The van der Waals surface area contributed by atoms with E-state index in [1.807, 2.05) is 17.9 Å². The lowest BCUT2D eigenvalue weighted by Gasteiger charge is -2.38. The first-order valence-electron chi connectivity index (χ1n) is 11.3. The molecule has 4 rings (SSSR count). The van der Waals surface area contributed by atoms with E-state index in [0.717, 1.165) is 81.0 Å². The van der Waals surface area contributed by atoms with Crippen LogP contribution >= 0.6 is 0 Å². The van der Waals surface area contributed by atoms with Gasteiger partial charge in [-0.3, -0.25) is 9.69 Å². The van der Waals surface area contributed by atoms with E-state index in [0.29, 0.717) is 19.4 Å². The molecule has 0 spiro atoms. The first-order valence-corrected chi connectivity index (χ1v) is 11.3. The minimum atomic E-state index is -0.672. The van der Waals surface area contributed by atoms with Crippen molar-refractivity contribution in [1.29, 1.82) is 0 Å². The van der Waals surface area contributed by atoms with Gasteiger partial charge in [-0.15, -0.1) is 0 Å². The Kier molecular flexibility index (Phi) is 6.41. The minimum absolute atomic E-state index is 0.194. The molecule has 1 amide bonds. The van der Waals surface area contributed by atoms with Crippen LogP contribution in [0.1, 0.15) is 37.1 Å². The molecule has 2 aliphatic heterocycles. The van der Waals surface area contributed by atoms with E-state index in [1.54, 1.807) is 0 Å². The van der Waals surface area contributed by atoms with Gasteiger partial charge in [-0.25, -0.2) is 4.98 Å². The number of carbonyl (C=O) groups excluding carboxylic acids is 1. The van der Waals surface area contributed by atoms with E-state index in [-0.39, 0.29) is 5.91 Å². The fourth-order valence-electron chi connectivity index (χ4n) is 4.76. The molecule has 164 valence electrons. The Hall–Kier alpha value is -1.96. The summed E-state index contributed by atoms with van der Waals surface area (Å²) in [7, 11) is 2.15. The Morgan fingerprint density at radius 1 is 1.17 bits per heavy atom. The van der Waals surface area contributed by atoms with Gasteiger partial charge in [0.25, 0.3) is 0 Å². The van der Waals surface area contributed by atoms with E-state index in [9.17, 15) is 9.90 Å². The van der Waals surface area contributed by atoms with Crippen LogP contribution in [0, 0.1) is 6.92 Å². The number of likely N-dealkylation sites (tertiary alicyclic amines) is 1. The zero-order valence-corrected chi connectivity index (χ0v) is 18.4. The maximum absolute atomic E-state index is 12.8. The van der Waals surface area contributed by atoms with Crippen molar-refractivity contribution in [3.8, 4) is 0 Å². The van der Waals surface area contributed by atoms with Crippen LogP contribution in [0.5, 0.6) is 0 Å². The number of aromatic nitrogens is 2. The summed E-state index contributed by atoms with van der Waals surface area (Å²) in [6.45, 7) is 8.24. The van der Waals surface area contributed by atoms with Crippen molar-refractivity contribution in [1.82, 2.24) is 24.7 Å². The number of nitrogens with zero attached hydrogens (tertiary/aromatic N) is 4. The molecule has 2 aromatic rings. The third-order valence-electron chi connectivity index (χ3n) is 6.68. The van der Waals surface area contributed by atoms with Gasteiger partial charge >= 0.3 is 0 Å². The van der Waals surface area contributed by atoms with Gasteiger partial charge in [-0.2, -0.15) is 0 Å². The van der Waals surface area contributed by atoms with Crippen LogP contribution in [-0.2, 0) is 11.2 Å². The number of H-pyrrole nitrogens is 1. The molecule has 0 bridgehead atoms. The standard InChI is InChI=1S/C23H35N5O2/c1-18-24-20-6-4-19(16-21(20)25-18)5-7-22(29)28-10-3-8-23(30,9-11-28)17-27-14-12-26(2)13-15-27/h4,6,16,30H,3,5,7-15,17H2,1-2H3,(H,24,25)/t23-/m1/s1. The summed E-state index contributed by atoms with van der Waals surface area (Å²) >= 11 is 0. The summed E-state index contributed by atoms with van der Waals surface area (Å²) in [6.07, 6.45) is 3.56. The molecule has 3 heterocycles. The SMILES string of the molecule is Cc1nc2ccc(CCC(=O)N3CCC[C@](O)(CN4CCN(C)CC4)CC3)cc2[nH]1. The van der Waals surface area contributed by atoms with Crippen LogP contribution in [-0.4, -0.2) is 94.1 Å². The number of hydrogen-bond donors (Lipinski definition) is 2. The van der Waals surface area contributed by atoms with Gasteiger partial charge in [0.1, 0.15) is 5.82 Å². The lowest BCUT2D eigenvalue weighted by atomic mass is 9.94. The Bertz CT molecular complexity index is 874. The number of rotatable bonds is 5. The van der Waals surface area contributed by atoms with Gasteiger partial charge in [0.2, 0.25) is 5.91 Å². The van der Waals surface area contributed by atoms with Crippen LogP contribution in [0.4, 0.5) is 0 Å². The molecule has 7 nitrogen and oxygen atoms in total. The van der Waals surface area contributed by atoms with Crippen molar-refractivity contribution < 1.29 is 9.90 Å². The number of imidazole rings is 1. The predicted octanol–water partition coefficient (Wildman–Crippen LogP) is 1.79. The number of aliphatic hydroxyl groups is 1. The van der Waals surface area contributed by atoms with Gasteiger partial charge in [-0.05, 0) is 57.4 Å². The number of carbonyl (C=O) groups is 1. The quantitative estimate of drug-likeness (QED) is 0.782. The van der Waals surface area contributed by atoms with E-state index in [4.69, 9.17) is 0 Å². The number of amides is 1. The first kappa shape index (κ1) is 21.3. The number of benzene rings is 1. The summed E-state index contributed by atoms with van der Waals surface area (Å²) in [5.41, 5.74) is 2.48. The van der Waals surface area contributed by atoms with Gasteiger partial charge in [0.15, 0.2) is 0 Å². The van der Waals surface area contributed by atoms with E-state index in [2.05, 4.69) is 38.9 Å². The van der Waals surface area contributed by atoms with E-state index in [1.165, 1.54) is 0 Å². The van der Waals surface area contributed by atoms with E-state index < -0.39 is 5.60 Å². The number of nitrogens with one attached hydrogen (secondary N) is 1. The highest BCUT2D eigenvalue weighted by Gasteiger charge is 2.33. The summed E-state index contributed by atoms with van der Waals surface area (Å²) in [5.74, 6) is 1.10. The van der Waals surface area contributed by atoms with Gasteiger partial charge < -0.3 is 19.9 Å². The first-order chi connectivity index (χ1) is 14.4. The zero-order chi connectivity index (χ0) is 21.1. The minimum Gasteiger partial charge on any atom is -0.388 e. The van der Waals surface area contributed by atoms with Crippen molar-refractivity contribution in [2.75, 3.05) is 52.9 Å². The highest BCUT2D eigenvalue weighted by Crippen LogP contribution is 2.25. The monoisotopic (exact) mass is 413 g/mol. The van der Waals surface area contributed by atoms with Crippen molar-refractivity contribution >= 4 is 16.9 Å². The van der Waals surface area contributed by atoms with E-state index >= 15 is 0 Å². The van der Waals surface area contributed by atoms with Crippen LogP contribution in [0.3, 0.4) is 0 Å². The molecule has 2 aliphatic rings. The van der Waals surface area contributed by atoms with Crippen molar-refractivity contribution in [3.05, 3.63) is 29.6 Å². The zero-order valence-electron chi connectivity index (χ0n) is 18.4. The average Bonchev–Trinajstić information content (AvgIpc) is 2.98. The summed E-state index contributed by atoms with van der Waals surface area (Å²) < 4.78 is 0. The van der Waals surface area contributed by atoms with Crippen LogP contribution in [0.25, 0.3) is 11.0 Å². The fraction of sp³-hybridized carbons (Fsp3) is 0.652. The molecule has 0 radical (unpaired) electrons. The molecule has 2 saturated heterocycles. The molecule has 2 fully saturated rings.